The first-order valence-electron chi connectivity index (χ1n) is 9.41. The Morgan fingerprint density at radius 1 is 1.31 bits per heavy atom. The maximum atomic E-state index is 12.3. The third-order valence-electron chi connectivity index (χ3n) is 4.77. The summed E-state index contributed by atoms with van der Waals surface area (Å²) in [5, 5.41) is 29.2. The van der Waals surface area contributed by atoms with Crippen LogP contribution >= 0.6 is 0 Å². The molecule has 26 heavy (non-hydrogen) atoms. The molecule has 0 aromatic heterocycles. The van der Waals surface area contributed by atoms with E-state index < -0.39 is 23.6 Å². The van der Waals surface area contributed by atoms with Crippen LogP contribution in [0.1, 0.15) is 58.8 Å². The van der Waals surface area contributed by atoms with E-state index in [-0.39, 0.29) is 24.5 Å². The number of ketones is 1. The lowest BCUT2D eigenvalue weighted by molar-refractivity contribution is -0.137. The van der Waals surface area contributed by atoms with Crippen LogP contribution in [-0.4, -0.2) is 38.8 Å². The van der Waals surface area contributed by atoms with Gasteiger partial charge in [0.25, 0.3) is 0 Å². The highest BCUT2D eigenvalue weighted by Gasteiger charge is 2.47. The molecule has 0 saturated heterocycles. The molecule has 0 unspecified atom stereocenters. The number of aliphatic carboxylic acids is 1. The number of rotatable bonds is 11. The molecule has 5 nitrogen and oxygen atoms in total. The molecule has 5 heteroatoms. The van der Waals surface area contributed by atoms with Gasteiger partial charge in [0.2, 0.25) is 0 Å². The molecule has 0 aliphatic heterocycles. The van der Waals surface area contributed by atoms with E-state index in [0.29, 0.717) is 25.7 Å². The number of carboxylic acids is 1. The van der Waals surface area contributed by atoms with Crippen molar-refractivity contribution in [3.8, 4) is 0 Å². The van der Waals surface area contributed by atoms with Gasteiger partial charge in [0.15, 0.2) is 0 Å². The van der Waals surface area contributed by atoms with E-state index in [1.54, 1.807) is 19.1 Å². The van der Waals surface area contributed by atoms with Crippen molar-refractivity contribution < 1.29 is 24.9 Å². The first-order valence-corrected chi connectivity index (χ1v) is 9.41. The minimum Gasteiger partial charge on any atom is -0.481 e. The average molecular weight is 364 g/mol. The van der Waals surface area contributed by atoms with Crippen LogP contribution in [-0.2, 0) is 9.59 Å². The topological polar surface area (TPSA) is 94.8 Å². The molecular formula is C21H32O5. The SMILES string of the molecule is CC/C=C\C[C@H](O)/C=C/[C@H]1C(=O)C[C@@](C)(O)[C@@H]1C/C=C\CCCC(=O)O. The Balaban J connectivity index is 2.63. The van der Waals surface area contributed by atoms with Gasteiger partial charge in [-0.15, -0.1) is 0 Å². The van der Waals surface area contributed by atoms with Crippen LogP contribution in [0.2, 0.25) is 0 Å². The van der Waals surface area contributed by atoms with Crippen LogP contribution in [0.5, 0.6) is 0 Å². The van der Waals surface area contributed by atoms with Crippen LogP contribution < -0.4 is 0 Å². The van der Waals surface area contributed by atoms with Crippen molar-refractivity contribution in [3.63, 3.8) is 0 Å². The molecule has 1 aliphatic carbocycles. The number of aliphatic hydroxyl groups is 2. The van der Waals surface area contributed by atoms with Crippen molar-refractivity contribution in [2.75, 3.05) is 0 Å². The Hall–Kier alpha value is -1.72. The second-order valence-electron chi connectivity index (χ2n) is 7.19. The molecule has 0 aromatic rings. The van der Waals surface area contributed by atoms with E-state index >= 15 is 0 Å². The first kappa shape index (κ1) is 22.3. The molecule has 1 aliphatic rings. The van der Waals surface area contributed by atoms with Crippen molar-refractivity contribution in [1.82, 2.24) is 0 Å². The minimum atomic E-state index is -1.06. The number of carbonyl (C=O) groups is 2. The normalized spacial score (nSPS) is 27.9. The van der Waals surface area contributed by atoms with Gasteiger partial charge in [-0.2, -0.15) is 0 Å². The van der Waals surface area contributed by atoms with Gasteiger partial charge in [-0.1, -0.05) is 43.4 Å². The molecule has 3 N–H and O–H groups in total. The summed E-state index contributed by atoms with van der Waals surface area (Å²) in [6.07, 6.45) is 13.9. The molecule has 146 valence electrons. The number of hydrogen-bond donors (Lipinski definition) is 3. The van der Waals surface area contributed by atoms with E-state index in [1.807, 2.05) is 31.2 Å². The zero-order chi connectivity index (χ0) is 19.6. The first-order chi connectivity index (χ1) is 12.3. The minimum absolute atomic E-state index is 0.00757. The Labute approximate surface area is 156 Å². The standard InChI is InChI=1S/C21H32O5/c1-3-4-7-10-16(22)13-14-17-18(21(2,26)15-19(17)23)11-8-5-6-9-12-20(24)25/h4-5,7-8,13-14,16-18,22,26H,3,6,9-12,15H2,1-2H3,(H,24,25)/b7-4-,8-5-,14-13+/t16-,17+,18+,21+/m0/s1. The van der Waals surface area contributed by atoms with Crippen LogP contribution in [0.3, 0.4) is 0 Å². The highest BCUT2D eigenvalue weighted by molar-refractivity contribution is 5.86. The number of aliphatic hydroxyl groups excluding tert-OH is 1. The number of Topliss-reactive ketones (excluding diaryl/α,β-unsaturated/α-hetero) is 1. The number of allylic oxidation sites excluding steroid dienone is 4. The maximum Gasteiger partial charge on any atom is 0.303 e. The van der Waals surface area contributed by atoms with Gasteiger partial charge >= 0.3 is 5.97 Å². The average Bonchev–Trinajstić information content (AvgIpc) is 2.77. The zero-order valence-corrected chi connectivity index (χ0v) is 15.8. The van der Waals surface area contributed by atoms with Gasteiger partial charge in [-0.05, 0) is 39.0 Å². The predicted molar refractivity (Wildman–Crippen MR) is 102 cm³/mol. The van der Waals surface area contributed by atoms with Crippen LogP contribution in [0.15, 0.2) is 36.5 Å². The smallest absolute Gasteiger partial charge is 0.303 e. The summed E-state index contributed by atoms with van der Waals surface area (Å²) in [5.74, 6) is -1.45. The highest BCUT2D eigenvalue weighted by atomic mass is 16.4. The molecule has 0 radical (unpaired) electrons. The largest absolute Gasteiger partial charge is 0.481 e. The molecular weight excluding hydrogens is 332 g/mol. The van der Waals surface area contributed by atoms with Gasteiger partial charge in [-0.25, -0.2) is 0 Å². The fraction of sp³-hybridized carbons (Fsp3) is 0.619. The maximum absolute atomic E-state index is 12.3. The lowest BCUT2D eigenvalue weighted by atomic mass is 9.83. The summed E-state index contributed by atoms with van der Waals surface area (Å²) in [4.78, 5) is 22.8. The van der Waals surface area contributed by atoms with Gasteiger partial charge in [0, 0.05) is 24.7 Å². The molecule has 1 saturated carbocycles. The Morgan fingerprint density at radius 3 is 2.69 bits per heavy atom. The molecule has 0 amide bonds. The van der Waals surface area contributed by atoms with E-state index in [9.17, 15) is 19.8 Å². The summed E-state index contributed by atoms with van der Waals surface area (Å²) in [7, 11) is 0. The quantitative estimate of drug-likeness (QED) is 0.386. The zero-order valence-electron chi connectivity index (χ0n) is 15.8. The van der Waals surface area contributed by atoms with Crippen molar-refractivity contribution in [1.29, 1.82) is 0 Å². The summed E-state index contributed by atoms with van der Waals surface area (Å²) in [6.45, 7) is 3.71. The number of carboxylic acid groups (broad SMARTS) is 1. The van der Waals surface area contributed by atoms with Gasteiger partial charge in [0.1, 0.15) is 5.78 Å². The lowest BCUT2D eigenvalue weighted by Crippen LogP contribution is -2.31. The van der Waals surface area contributed by atoms with Crippen molar-refractivity contribution in [3.05, 3.63) is 36.5 Å². The summed E-state index contributed by atoms with van der Waals surface area (Å²) < 4.78 is 0. The van der Waals surface area contributed by atoms with E-state index in [1.165, 1.54) is 0 Å². The third-order valence-corrected chi connectivity index (χ3v) is 4.77. The molecule has 0 bridgehead atoms. The molecule has 0 heterocycles. The Kier molecular flexibility index (Phi) is 9.52. The number of unbranched alkanes of at least 4 members (excludes halogenated alkanes) is 1. The summed E-state index contributed by atoms with van der Waals surface area (Å²) >= 11 is 0. The fourth-order valence-electron chi connectivity index (χ4n) is 3.32. The third kappa shape index (κ3) is 7.67. The molecule has 0 spiro atoms. The second kappa shape index (κ2) is 11.1. The molecule has 1 rings (SSSR count). The van der Waals surface area contributed by atoms with Crippen LogP contribution in [0.4, 0.5) is 0 Å². The highest BCUT2D eigenvalue weighted by Crippen LogP contribution is 2.41. The summed E-state index contributed by atoms with van der Waals surface area (Å²) in [5.41, 5.74) is -1.06. The number of hydrogen-bond acceptors (Lipinski definition) is 4. The van der Waals surface area contributed by atoms with Gasteiger partial charge < -0.3 is 15.3 Å². The molecule has 1 fully saturated rings. The van der Waals surface area contributed by atoms with Gasteiger partial charge in [-0.3, -0.25) is 9.59 Å². The summed E-state index contributed by atoms with van der Waals surface area (Å²) in [6, 6.07) is 0. The Morgan fingerprint density at radius 2 is 2.04 bits per heavy atom. The monoisotopic (exact) mass is 364 g/mol. The van der Waals surface area contributed by atoms with Crippen molar-refractivity contribution >= 4 is 11.8 Å². The van der Waals surface area contributed by atoms with Crippen LogP contribution in [0.25, 0.3) is 0 Å². The van der Waals surface area contributed by atoms with Crippen LogP contribution in [0, 0.1) is 11.8 Å². The predicted octanol–water partition coefficient (Wildman–Crippen LogP) is 3.42. The second-order valence-corrected chi connectivity index (χ2v) is 7.19. The van der Waals surface area contributed by atoms with E-state index in [4.69, 9.17) is 5.11 Å². The number of carbonyl (C=O) groups excluding carboxylic acids is 1. The molecule has 4 atom stereocenters. The van der Waals surface area contributed by atoms with Gasteiger partial charge in [0.05, 0.1) is 11.7 Å². The van der Waals surface area contributed by atoms with E-state index in [2.05, 4.69) is 0 Å². The fourth-order valence-corrected chi connectivity index (χ4v) is 3.32. The van der Waals surface area contributed by atoms with E-state index in [0.717, 1.165) is 6.42 Å². The molecule has 0 aromatic carbocycles. The van der Waals surface area contributed by atoms with Crippen molar-refractivity contribution in [2.45, 2.75) is 70.5 Å². The Bertz CT molecular complexity index is 545. The lowest BCUT2D eigenvalue weighted by Gasteiger charge is -2.26. The van der Waals surface area contributed by atoms with Crippen molar-refractivity contribution in [2.24, 2.45) is 11.8 Å².